The minimum atomic E-state index is -0.0570. The van der Waals surface area contributed by atoms with Gasteiger partial charge in [-0.2, -0.15) is 0 Å². The smallest absolute Gasteiger partial charge is 0.250 e. The molecule has 16 heavy (non-hydrogen) atoms. The van der Waals surface area contributed by atoms with Crippen molar-refractivity contribution in [1.82, 2.24) is 0 Å². The molecule has 1 amide bonds. The van der Waals surface area contributed by atoms with E-state index < -0.39 is 0 Å². The molecule has 0 aromatic heterocycles. The van der Waals surface area contributed by atoms with E-state index in [2.05, 4.69) is 5.32 Å². The van der Waals surface area contributed by atoms with Crippen LogP contribution in [0.5, 0.6) is 0 Å². The van der Waals surface area contributed by atoms with Gasteiger partial charge in [-0.15, -0.1) is 0 Å². The average Bonchev–Trinajstić information content (AvgIpc) is 2.28. The van der Waals surface area contributed by atoms with Gasteiger partial charge < -0.3 is 10.2 Å². The summed E-state index contributed by atoms with van der Waals surface area (Å²) in [6.45, 7) is 3.65. The number of nitrogens with zero attached hydrogens (tertiary/aromatic N) is 1. The molecule has 1 N–H and O–H groups in total. The van der Waals surface area contributed by atoms with Crippen LogP contribution in [0.15, 0.2) is 35.9 Å². The van der Waals surface area contributed by atoms with Gasteiger partial charge >= 0.3 is 0 Å². The quantitative estimate of drug-likeness (QED) is 0.791. The van der Waals surface area contributed by atoms with Crippen LogP contribution < -0.4 is 10.2 Å². The van der Waals surface area contributed by atoms with Crippen molar-refractivity contribution in [3.8, 4) is 0 Å². The Labute approximate surface area is 96.8 Å². The molecule has 0 fully saturated rings. The number of allylic oxidation sites excluding steroid dienone is 1. The van der Waals surface area contributed by atoms with Crippen molar-refractivity contribution >= 4 is 17.3 Å². The summed E-state index contributed by atoms with van der Waals surface area (Å²) in [5.74, 6) is -0.0570. The van der Waals surface area contributed by atoms with Gasteiger partial charge in [-0.3, -0.25) is 4.79 Å². The van der Waals surface area contributed by atoms with Gasteiger partial charge in [0.05, 0.1) is 0 Å². The highest BCUT2D eigenvalue weighted by Crippen LogP contribution is 2.17. The first-order chi connectivity index (χ1) is 7.54. The Morgan fingerprint density at radius 1 is 1.38 bits per heavy atom. The van der Waals surface area contributed by atoms with E-state index in [1.54, 1.807) is 13.0 Å². The van der Waals surface area contributed by atoms with Crippen molar-refractivity contribution in [3.05, 3.63) is 35.9 Å². The molecule has 1 rings (SSSR count). The molecule has 0 spiro atoms. The van der Waals surface area contributed by atoms with E-state index in [4.69, 9.17) is 0 Å². The fourth-order valence-electron chi connectivity index (χ4n) is 1.22. The third-order valence-corrected chi connectivity index (χ3v) is 2.41. The highest BCUT2D eigenvalue weighted by Gasteiger charge is 2.04. The molecule has 0 heterocycles. The molecule has 86 valence electrons. The SMILES string of the molecule is C/C=C(\C)C(=O)Nc1cccc(N(C)C)c1. The summed E-state index contributed by atoms with van der Waals surface area (Å²) >= 11 is 0. The minimum absolute atomic E-state index is 0.0570. The maximum absolute atomic E-state index is 11.6. The molecule has 0 radical (unpaired) electrons. The predicted molar refractivity (Wildman–Crippen MR) is 68.8 cm³/mol. The zero-order valence-corrected chi connectivity index (χ0v) is 10.2. The zero-order valence-electron chi connectivity index (χ0n) is 10.2. The van der Waals surface area contributed by atoms with E-state index in [0.29, 0.717) is 0 Å². The van der Waals surface area contributed by atoms with E-state index in [9.17, 15) is 4.79 Å². The summed E-state index contributed by atoms with van der Waals surface area (Å²) in [5.41, 5.74) is 2.60. The lowest BCUT2D eigenvalue weighted by Crippen LogP contribution is -2.13. The number of amides is 1. The van der Waals surface area contributed by atoms with Crippen molar-refractivity contribution in [2.24, 2.45) is 0 Å². The molecule has 0 aliphatic carbocycles. The van der Waals surface area contributed by atoms with Crippen LogP contribution in [0.4, 0.5) is 11.4 Å². The molecule has 0 unspecified atom stereocenters. The minimum Gasteiger partial charge on any atom is -0.378 e. The van der Waals surface area contributed by atoms with Gasteiger partial charge in [0.2, 0.25) is 0 Å². The second-order valence-corrected chi connectivity index (χ2v) is 3.87. The summed E-state index contributed by atoms with van der Waals surface area (Å²) in [4.78, 5) is 13.6. The second-order valence-electron chi connectivity index (χ2n) is 3.87. The Morgan fingerprint density at radius 2 is 2.06 bits per heavy atom. The standard InChI is InChI=1S/C13H18N2O/c1-5-10(2)13(16)14-11-7-6-8-12(9-11)15(3)4/h5-9H,1-4H3,(H,14,16)/b10-5+. The van der Waals surface area contributed by atoms with Crippen molar-refractivity contribution in [2.75, 3.05) is 24.3 Å². The number of anilines is 2. The van der Waals surface area contributed by atoms with Crippen LogP contribution in [-0.2, 0) is 4.79 Å². The van der Waals surface area contributed by atoms with Gasteiger partial charge in [0.1, 0.15) is 0 Å². The van der Waals surface area contributed by atoms with E-state index >= 15 is 0 Å². The maximum atomic E-state index is 11.6. The van der Waals surface area contributed by atoms with E-state index in [0.717, 1.165) is 16.9 Å². The van der Waals surface area contributed by atoms with Gasteiger partial charge in [-0.05, 0) is 32.0 Å². The normalized spacial score (nSPS) is 11.1. The van der Waals surface area contributed by atoms with Crippen molar-refractivity contribution in [1.29, 1.82) is 0 Å². The topological polar surface area (TPSA) is 32.3 Å². The van der Waals surface area contributed by atoms with Gasteiger partial charge in [-0.1, -0.05) is 12.1 Å². The zero-order chi connectivity index (χ0) is 12.1. The van der Waals surface area contributed by atoms with Gasteiger partial charge in [0, 0.05) is 31.0 Å². The molecule has 0 aliphatic rings. The number of nitrogens with one attached hydrogen (secondary N) is 1. The number of carbonyl (C=O) groups is 1. The number of hydrogen-bond acceptors (Lipinski definition) is 2. The van der Waals surface area contributed by atoms with E-state index in [-0.39, 0.29) is 5.91 Å². The first-order valence-corrected chi connectivity index (χ1v) is 5.26. The molecule has 1 aromatic rings. The summed E-state index contributed by atoms with van der Waals surface area (Å²) in [5, 5.41) is 2.85. The second kappa shape index (κ2) is 5.35. The Kier molecular flexibility index (Phi) is 4.11. The fraction of sp³-hybridized carbons (Fsp3) is 0.308. The van der Waals surface area contributed by atoms with Crippen LogP contribution in [0, 0.1) is 0 Å². The lowest BCUT2D eigenvalue weighted by molar-refractivity contribution is -0.112. The van der Waals surface area contributed by atoms with Crippen LogP contribution >= 0.6 is 0 Å². The lowest BCUT2D eigenvalue weighted by atomic mass is 10.2. The molecule has 0 saturated heterocycles. The third-order valence-electron chi connectivity index (χ3n) is 2.41. The van der Waals surface area contributed by atoms with Crippen molar-refractivity contribution < 1.29 is 4.79 Å². The monoisotopic (exact) mass is 218 g/mol. The fourth-order valence-corrected chi connectivity index (χ4v) is 1.22. The van der Waals surface area contributed by atoms with Gasteiger partial charge in [0.15, 0.2) is 0 Å². The average molecular weight is 218 g/mol. The van der Waals surface area contributed by atoms with E-state index in [1.165, 1.54) is 0 Å². The Morgan fingerprint density at radius 3 is 2.62 bits per heavy atom. The predicted octanol–water partition coefficient (Wildman–Crippen LogP) is 2.66. The largest absolute Gasteiger partial charge is 0.378 e. The molecule has 3 heteroatoms. The van der Waals surface area contributed by atoms with Crippen molar-refractivity contribution in [3.63, 3.8) is 0 Å². The summed E-state index contributed by atoms with van der Waals surface area (Å²) in [7, 11) is 3.94. The van der Waals surface area contributed by atoms with Crippen LogP contribution in [-0.4, -0.2) is 20.0 Å². The molecule has 0 aliphatic heterocycles. The first-order valence-electron chi connectivity index (χ1n) is 5.26. The summed E-state index contributed by atoms with van der Waals surface area (Å²) in [6, 6.07) is 7.75. The van der Waals surface area contributed by atoms with Crippen LogP contribution in [0.2, 0.25) is 0 Å². The Hall–Kier alpha value is -1.77. The molecule has 0 saturated carbocycles. The van der Waals surface area contributed by atoms with Crippen LogP contribution in [0.25, 0.3) is 0 Å². The summed E-state index contributed by atoms with van der Waals surface area (Å²) < 4.78 is 0. The van der Waals surface area contributed by atoms with E-state index in [1.807, 2.05) is 50.2 Å². The van der Waals surface area contributed by atoms with Gasteiger partial charge in [-0.25, -0.2) is 0 Å². The highest BCUT2D eigenvalue weighted by atomic mass is 16.1. The molecular weight excluding hydrogens is 200 g/mol. The van der Waals surface area contributed by atoms with Gasteiger partial charge in [0.25, 0.3) is 5.91 Å². The molecule has 0 bridgehead atoms. The molecular formula is C13H18N2O. The van der Waals surface area contributed by atoms with Crippen LogP contribution in [0.1, 0.15) is 13.8 Å². The number of carbonyl (C=O) groups excluding carboxylic acids is 1. The Balaban J connectivity index is 2.82. The maximum Gasteiger partial charge on any atom is 0.250 e. The van der Waals surface area contributed by atoms with Crippen LogP contribution in [0.3, 0.4) is 0 Å². The summed E-state index contributed by atoms with van der Waals surface area (Å²) in [6.07, 6.45) is 1.80. The Bertz CT molecular complexity index is 408. The third kappa shape index (κ3) is 3.12. The number of benzene rings is 1. The van der Waals surface area contributed by atoms with Crippen molar-refractivity contribution in [2.45, 2.75) is 13.8 Å². The lowest BCUT2D eigenvalue weighted by Gasteiger charge is -2.14. The number of hydrogen-bond donors (Lipinski definition) is 1. The molecule has 0 atom stereocenters. The molecule has 3 nitrogen and oxygen atoms in total. The molecule has 1 aromatic carbocycles. The number of rotatable bonds is 3. The first kappa shape index (κ1) is 12.3. The highest BCUT2D eigenvalue weighted by molar-refractivity contribution is 6.03.